The lowest BCUT2D eigenvalue weighted by molar-refractivity contribution is -0.134. The second-order valence-electron chi connectivity index (χ2n) is 7.26. The topological polar surface area (TPSA) is 35.9 Å². The second kappa shape index (κ2) is 7.42. The number of amides is 1. The predicted octanol–water partition coefficient (Wildman–Crippen LogP) is 3.77. The molecule has 0 radical (unpaired) electrons. The summed E-state index contributed by atoms with van der Waals surface area (Å²) in [5.74, 6) is 0.0999. The zero-order valence-electron chi connectivity index (χ0n) is 15.3. The Morgan fingerprint density at radius 1 is 1.04 bits per heavy atom. The Morgan fingerprint density at radius 3 is 2.42 bits per heavy atom. The van der Waals surface area contributed by atoms with Crippen molar-refractivity contribution in [3.8, 4) is 0 Å². The molecule has 0 aromatic heterocycles. The van der Waals surface area contributed by atoms with Crippen LogP contribution < -0.4 is 0 Å². The van der Waals surface area contributed by atoms with Gasteiger partial charge in [-0.05, 0) is 44.0 Å². The van der Waals surface area contributed by atoms with Crippen LogP contribution in [-0.4, -0.2) is 41.2 Å². The highest BCUT2D eigenvalue weighted by atomic mass is 16.2. The number of hydrogen-bond donors (Lipinski definition) is 0. The minimum Gasteiger partial charge on any atom is -0.294 e. The fraction of sp³-hybridized carbons (Fsp3) is 0.364. The smallest absolute Gasteiger partial charge is 0.257 e. The molecule has 2 aliphatic heterocycles. The molecule has 0 spiro atoms. The molecule has 0 bridgehead atoms. The van der Waals surface area contributed by atoms with E-state index in [2.05, 4.69) is 48.2 Å². The van der Waals surface area contributed by atoms with Crippen LogP contribution in [0.15, 0.2) is 59.7 Å². The molecule has 2 heterocycles. The van der Waals surface area contributed by atoms with Gasteiger partial charge in [-0.2, -0.15) is 5.10 Å². The predicted molar refractivity (Wildman–Crippen MR) is 104 cm³/mol. The molecule has 2 aromatic rings. The number of aryl methyl sites for hydroxylation is 1. The van der Waals surface area contributed by atoms with E-state index in [-0.39, 0.29) is 11.9 Å². The van der Waals surface area contributed by atoms with E-state index in [0.717, 1.165) is 36.3 Å². The van der Waals surface area contributed by atoms with E-state index in [9.17, 15) is 4.79 Å². The maximum Gasteiger partial charge on any atom is 0.257 e. The first-order valence-electron chi connectivity index (χ1n) is 9.44. The van der Waals surface area contributed by atoms with E-state index < -0.39 is 0 Å². The fourth-order valence-electron chi connectivity index (χ4n) is 3.80. The Labute approximate surface area is 155 Å². The highest BCUT2D eigenvalue weighted by molar-refractivity contribution is 6.03. The molecule has 2 aliphatic rings. The molecule has 2 aromatic carbocycles. The van der Waals surface area contributed by atoms with Crippen molar-refractivity contribution in [2.75, 3.05) is 19.6 Å². The minimum atomic E-state index is -0.0115. The average molecular weight is 347 g/mol. The van der Waals surface area contributed by atoms with Crippen molar-refractivity contribution in [2.24, 2.45) is 5.10 Å². The summed E-state index contributed by atoms with van der Waals surface area (Å²) in [6, 6.07) is 18.6. The number of hydrazone groups is 1. The Morgan fingerprint density at radius 2 is 1.73 bits per heavy atom. The maximum atomic E-state index is 13.0. The summed E-state index contributed by atoms with van der Waals surface area (Å²) in [6.45, 7) is 4.58. The van der Waals surface area contributed by atoms with Gasteiger partial charge in [-0.3, -0.25) is 9.69 Å². The highest BCUT2D eigenvalue weighted by Crippen LogP contribution is 2.33. The second-order valence-corrected chi connectivity index (χ2v) is 7.26. The Bertz CT molecular complexity index is 792. The molecule has 4 nitrogen and oxygen atoms in total. The van der Waals surface area contributed by atoms with Crippen molar-refractivity contribution in [3.05, 3.63) is 71.3 Å². The van der Waals surface area contributed by atoms with E-state index in [0.29, 0.717) is 6.54 Å². The Balaban J connectivity index is 1.60. The van der Waals surface area contributed by atoms with E-state index in [4.69, 9.17) is 5.10 Å². The van der Waals surface area contributed by atoms with Crippen molar-refractivity contribution in [3.63, 3.8) is 0 Å². The third-order valence-electron chi connectivity index (χ3n) is 5.29. The molecule has 134 valence electrons. The van der Waals surface area contributed by atoms with E-state index in [1.165, 1.54) is 18.4 Å². The van der Waals surface area contributed by atoms with Gasteiger partial charge < -0.3 is 0 Å². The van der Waals surface area contributed by atoms with Crippen molar-refractivity contribution in [1.29, 1.82) is 0 Å². The number of likely N-dealkylation sites (tertiary alicyclic amines) is 1. The van der Waals surface area contributed by atoms with Crippen LogP contribution in [0.4, 0.5) is 0 Å². The molecule has 1 amide bonds. The molecule has 1 fully saturated rings. The van der Waals surface area contributed by atoms with Crippen LogP contribution in [-0.2, 0) is 4.79 Å². The first-order valence-corrected chi connectivity index (χ1v) is 9.44. The van der Waals surface area contributed by atoms with E-state index in [1.807, 2.05) is 18.2 Å². The molecular formula is C22H25N3O. The molecule has 4 heteroatoms. The van der Waals surface area contributed by atoms with Crippen LogP contribution in [0.1, 0.15) is 42.0 Å². The molecule has 0 N–H and O–H groups in total. The lowest BCUT2D eigenvalue weighted by Crippen LogP contribution is -2.36. The monoisotopic (exact) mass is 347 g/mol. The molecule has 1 saturated heterocycles. The molecule has 1 unspecified atom stereocenters. The van der Waals surface area contributed by atoms with Gasteiger partial charge in [-0.25, -0.2) is 5.01 Å². The first-order chi connectivity index (χ1) is 12.7. The first kappa shape index (κ1) is 17.0. The van der Waals surface area contributed by atoms with Gasteiger partial charge in [0.25, 0.3) is 5.91 Å². The van der Waals surface area contributed by atoms with Crippen molar-refractivity contribution >= 4 is 11.6 Å². The number of rotatable bonds is 4. The largest absolute Gasteiger partial charge is 0.294 e. The van der Waals surface area contributed by atoms with Crippen LogP contribution in [0, 0.1) is 6.92 Å². The van der Waals surface area contributed by atoms with Gasteiger partial charge in [0.05, 0.1) is 18.3 Å². The summed E-state index contributed by atoms with van der Waals surface area (Å²) in [7, 11) is 0. The minimum absolute atomic E-state index is 0.0115. The summed E-state index contributed by atoms with van der Waals surface area (Å²) in [5, 5.41) is 6.49. The Kier molecular flexibility index (Phi) is 4.85. The molecule has 4 rings (SSSR count). The number of carbonyl (C=O) groups is 1. The zero-order valence-corrected chi connectivity index (χ0v) is 15.3. The lowest BCUT2D eigenvalue weighted by atomic mass is 9.98. The van der Waals surface area contributed by atoms with Crippen molar-refractivity contribution in [2.45, 2.75) is 32.2 Å². The number of hydrogen-bond acceptors (Lipinski definition) is 3. The standard InChI is InChI=1S/C22H25N3O/c1-17-9-11-18(12-10-17)20-15-21(19-7-3-2-4-8-19)25(23-20)22(26)16-24-13-5-6-14-24/h2-4,7-12,21H,5-6,13-16H2,1H3. The van der Waals surface area contributed by atoms with Gasteiger partial charge in [-0.1, -0.05) is 60.2 Å². The van der Waals surface area contributed by atoms with Gasteiger partial charge >= 0.3 is 0 Å². The van der Waals surface area contributed by atoms with Crippen molar-refractivity contribution < 1.29 is 4.79 Å². The lowest BCUT2D eigenvalue weighted by Gasteiger charge is -2.24. The number of carbonyl (C=O) groups excluding carboxylic acids is 1. The van der Waals surface area contributed by atoms with Gasteiger partial charge in [0, 0.05) is 6.42 Å². The maximum absolute atomic E-state index is 13.0. The van der Waals surface area contributed by atoms with Gasteiger partial charge in [0.15, 0.2) is 0 Å². The van der Waals surface area contributed by atoms with E-state index >= 15 is 0 Å². The quantitative estimate of drug-likeness (QED) is 0.844. The highest BCUT2D eigenvalue weighted by Gasteiger charge is 2.33. The average Bonchev–Trinajstić information content (AvgIpc) is 3.33. The third-order valence-corrected chi connectivity index (χ3v) is 5.29. The molecule has 0 aliphatic carbocycles. The number of benzene rings is 2. The summed E-state index contributed by atoms with van der Waals surface area (Å²) < 4.78 is 0. The summed E-state index contributed by atoms with van der Waals surface area (Å²) in [6.07, 6.45) is 3.14. The summed E-state index contributed by atoms with van der Waals surface area (Å²) in [4.78, 5) is 15.2. The summed E-state index contributed by atoms with van der Waals surface area (Å²) in [5.41, 5.74) is 4.48. The van der Waals surface area contributed by atoms with Crippen LogP contribution in [0.5, 0.6) is 0 Å². The Hall–Kier alpha value is -2.46. The van der Waals surface area contributed by atoms with Crippen LogP contribution in [0.3, 0.4) is 0 Å². The molecular weight excluding hydrogens is 322 g/mol. The van der Waals surface area contributed by atoms with Gasteiger partial charge in [0.1, 0.15) is 0 Å². The zero-order chi connectivity index (χ0) is 17.9. The van der Waals surface area contributed by atoms with Crippen LogP contribution in [0.2, 0.25) is 0 Å². The molecule has 26 heavy (non-hydrogen) atoms. The molecule has 1 atom stereocenters. The molecule has 0 saturated carbocycles. The van der Waals surface area contributed by atoms with Crippen molar-refractivity contribution in [1.82, 2.24) is 9.91 Å². The SMILES string of the molecule is Cc1ccc(C2=NN(C(=O)CN3CCCC3)C(c3ccccc3)C2)cc1. The fourth-order valence-corrected chi connectivity index (χ4v) is 3.80. The van der Waals surface area contributed by atoms with Crippen LogP contribution in [0.25, 0.3) is 0 Å². The van der Waals surface area contributed by atoms with Gasteiger partial charge in [0.2, 0.25) is 0 Å². The number of nitrogens with zero attached hydrogens (tertiary/aromatic N) is 3. The van der Waals surface area contributed by atoms with E-state index in [1.54, 1.807) is 5.01 Å². The van der Waals surface area contributed by atoms with Gasteiger partial charge in [-0.15, -0.1) is 0 Å². The van der Waals surface area contributed by atoms with Crippen LogP contribution >= 0.6 is 0 Å². The third kappa shape index (κ3) is 3.56. The normalized spacial score (nSPS) is 20.4. The summed E-state index contributed by atoms with van der Waals surface area (Å²) >= 11 is 0.